The van der Waals surface area contributed by atoms with E-state index in [0.717, 1.165) is 5.56 Å². The van der Waals surface area contributed by atoms with Crippen LogP contribution < -0.4 is 0 Å². The van der Waals surface area contributed by atoms with Gasteiger partial charge in [-0.15, -0.1) is 0 Å². The van der Waals surface area contributed by atoms with E-state index in [1.54, 1.807) is 6.92 Å². The molecule has 1 aromatic rings. The standard InChI is InChI=1S/C20H29BrO4/c1-7-25-17(22)16(15-11-9-8-10-12-15)19(3,4)13-20(5,14(2)21)18(23)24-6/h8-12,14,16H,7,13H2,1-6H3. The molecule has 3 atom stereocenters. The van der Waals surface area contributed by atoms with E-state index in [9.17, 15) is 9.59 Å². The Morgan fingerprint density at radius 1 is 1.16 bits per heavy atom. The predicted octanol–water partition coefficient (Wildman–Crippen LogP) is 4.71. The zero-order valence-corrected chi connectivity index (χ0v) is 17.6. The van der Waals surface area contributed by atoms with Crippen LogP contribution in [0.5, 0.6) is 0 Å². The van der Waals surface area contributed by atoms with Crippen LogP contribution in [0, 0.1) is 10.8 Å². The van der Waals surface area contributed by atoms with E-state index in [0.29, 0.717) is 13.0 Å². The Morgan fingerprint density at radius 2 is 1.72 bits per heavy atom. The highest BCUT2D eigenvalue weighted by Gasteiger charge is 2.48. The summed E-state index contributed by atoms with van der Waals surface area (Å²) in [6, 6.07) is 9.58. The highest BCUT2D eigenvalue weighted by molar-refractivity contribution is 9.09. The SMILES string of the molecule is CCOC(=O)C(c1ccccc1)C(C)(C)CC(C)(C(=O)OC)C(C)Br. The monoisotopic (exact) mass is 412 g/mol. The zero-order valence-electron chi connectivity index (χ0n) is 16.0. The van der Waals surface area contributed by atoms with E-state index >= 15 is 0 Å². The smallest absolute Gasteiger partial charge is 0.313 e. The fourth-order valence-corrected chi connectivity index (χ4v) is 3.78. The molecule has 0 N–H and O–H groups in total. The van der Waals surface area contributed by atoms with Crippen LogP contribution in [0.4, 0.5) is 0 Å². The molecule has 0 amide bonds. The maximum atomic E-state index is 12.7. The Balaban J connectivity index is 3.31. The van der Waals surface area contributed by atoms with Gasteiger partial charge in [0.1, 0.15) is 0 Å². The minimum Gasteiger partial charge on any atom is -0.469 e. The van der Waals surface area contributed by atoms with Gasteiger partial charge in [0.15, 0.2) is 0 Å². The summed E-state index contributed by atoms with van der Waals surface area (Å²) in [6.45, 7) is 9.91. The van der Waals surface area contributed by atoms with E-state index in [1.165, 1.54) is 7.11 Å². The highest BCUT2D eigenvalue weighted by atomic mass is 79.9. The van der Waals surface area contributed by atoms with Gasteiger partial charge >= 0.3 is 11.9 Å². The van der Waals surface area contributed by atoms with E-state index in [4.69, 9.17) is 9.47 Å². The molecule has 140 valence electrons. The molecule has 0 radical (unpaired) electrons. The predicted molar refractivity (Wildman–Crippen MR) is 103 cm³/mol. The number of rotatable bonds is 8. The molecule has 0 aromatic heterocycles. The van der Waals surface area contributed by atoms with Crippen molar-refractivity contribution in [3.63, 3.8) is 0 Å². The topological polar surface area (TPSA) is 52.6 Å². The molecule has 1 aromatic carbocycles. The zero-order chi connectivity index (χ0) is 19.3. The first-order chi connectivity index (χ1) is 11.6. The number of halogens is 1. The third-order valence-electron chi connectivity index (χ3n) is 4.79. The normalized spacial score (nSPS) is 16.4. The summed E-state index contributed by atoms with van der Waals surface area (Å²) in [5, 5.41) is 0. The quantitative estimate of drug-likeness (QED) is 0.458. The molecular weight excluding hydrogens is 384 g/mol. The van der Waals surface area contributed by atoms with Crippen molar-refractivity contribution in [1.29, 1.82) is 0 Å². The van der Waals surface area contributed by atoms with Gasteiger partial charge in [0.25, 0.3) is 0 Å². The first-order valence-electron chi connectivity index (χ1n) is 8.54. The number of carbonyl (C=O) groups is 2. The van der Waals surface area contributed by atoms with Crippen LogP contribution in [-0.2, 0) is 19.1 Å². The molecule has 1 rings (SSSR count). The van der Waals surface area contributed by atoms with Crippen LogP contribution in [-0.4, -0.2) is 30.5 Å². The minimum atomic E-state index is -0.766. The Labute approximate surface area is 159 Å². The number of hydrogen-bond donors (Lipinski definition) is 0. The van der Waals surface area contributed by atoms with E-state index in [2.05, 4.69) is 15.9 Å². The second-order valence-corrected chi connectivity index (χ2v) is 8.66. The van der Waals surface area contributed by atoms with Crippen molar-refractivity contribution in [2.24, 2.45) is 10.8 Å². The van der Waals surface area contributed by atoms with Crippen molar-refractivity contribution < 1.29 is 19.1 Å². The number of methoxy groups -OCH3 is 1. The summed E-state index contributed by atoms with van der Waals surface area (Å²) in [6.07, 6.45) is 0.470. The van der Waals surface area contributed by atoms with E-state index in [1.807, 2.05) is 58.0 Å². The third kappa shape index (κ3) is 5.06. The van der Waals surface area contributed by atoms with Gasteiger partial charge in [-0.25, -0.2) is 0 Å². The number of carbonyl (C=O) groups excluding carboxylic acids is 2. The first-order valence-corrected chi connectivity index (χ1v) is 9.45. The molecule has 0 bridgehead atoms. The summed E-state index contributed by atoms with van der Waals surface area (Å²) >= 11 is 3.55. The van der Waals surface area contributed by atoms with Gasteiger partial charge in [-0.1, -0.05) is 67.0 Å². The summed E-state index contributed by atoms with van der Waals surface area (Å²) in [7, 11) is 1.39. The molecule has 0 aliphatic heterocycles. The van der Waals surface area contributed by atoms with Crippen LogP contribution in [0.25, 0.3) is 0 Å². The molecule has 5 heteroatoms. The molecule has 0 aliphatic rings. The average molecular weight is 413 g/mol. The van der Waals surface area contributed by atoms with Gasteiger partial charge in [0.05, 0.1) is 25.0 Å². The number of ether oxygens (including phenoxy) is 2. The maximum absolute atomic E-state index is 12.7. The largest absolute Gasteiger partial charge is 0.469 e. The Bertz CT molecular complexity index is 583. The molecule has 3 unspecified atom stereocenters. The van der Waals surface area contributed by atoms with Gasteiger partial charge in [0, 0.05) is 4.83 Å². The number of hydrogen-bond acceptors (Lipinski definition) is 4. The molecule has 4 nitrogen and oxygen atoms in total. The maximum Gasteiger partial charge on any atom is 0.313 e. The lowest BCUT2D eigenvalue weighted by molar-refractivity contribution is -0.156. The van der Waals surface area contributed by atoms with Gasteiger partial charge in [-0.05, 0) is 31.2 Å². The fourth-order valence-electron chi connectivity index (χ4n) is 3.43. The average Bonchev–Trinajstić information content (AvgIpc) is 2.54. The second-order valence-electron chi connectivity index (χ2n) is 7.29. The van der Waals surface area contributed by atoms with Gasteiger partial charge in [-0.3, -0.25) is 9.59 Å². The highest BCUT2D eigenvalue weighted by Crippen LogP contribution is 2.48. The molecule has 0 saturated carbocycles. The Kier molecular flexibility index (Phi) is 7.66. The molecule has 0 spiro atoms. The summed E-state index contributed by atoms with van der Waals surface area (Å²) in [5.41, 5.74) is -0.392. The van der Waals surface area contributed by atoms with Crippen molar-refractivity contribution in [3.8, 4) is 0 Å². The minimum absolute atomic E-state index is 0.106. The number of benzene rings is 1. The lowest BCUT2D eigenvalue weighted by atomic mass is 9.65. The van der Waals surface area contributed by atoms with Crippen molar-refractivity contribution in [1.82, 2.24) is 0 Å². The van der Waals surface area contributed by atoms with Crippen LogP contribution in [0.2, 0.25) is 0 Å². The van der Waals surface area contributed by atoms with Crippen molar-refractivity contribution in [2.75, 3.05) is 13.7 Å². The molecule has 25 heavy (non-hydrogen) atoms. The molecule has 0 saturated heterocycles. The summed E-state index contributed by atoms with van der Waals surface area (Å²) in [5.74, 6) is -1.03. The van der Waals surface area contributed by atoms with Crippen LogP contribution in [0.15, 0.2) is 30.3 Å². The van der Waals surface area contributed by atoms with Crippen molar-refractivity contribution in [3.05, 3.63) is 35.9 Å². The van der Waals surface area contributed by atoms with Gasteiger partial charge in [0.2, 0.25) is 0 Å². The van der Waals surface area contributed by atoms with Crippen LogP contribution in [0.3, 0.4) is 0 Å². The van der Waals surface area contributed by atoms with Crippen molar-refractivity contribution in [2.45, 2.75) is 51.8 Å². The van der Waals surface area contributed by atoms with Crippen LogP contribution in [0.1, 0.15) is 52.5 Å². The molecule has 0 heterocycles. The summed E-state index contributed by atoms with van der Waals surface area (Å²) < 4.78 is 10.4. The molecule has 0 aliphatic carbocycles. The number of alkyl halides is 1. The third-order valence-corrected chi connectivity index (χ3v) is 5.80. The lowest BCUT2D eigenvalue weighted by Gasteiger charge is -2.41. The fraction of sp³-hybridized carbons (Fsp3) is 0.600. The lowest BCUT2D eigenvalue weighted by Crippen LogP contribution is -2.43. The van der Waals surface area contributed by atoms with Crippen LogP contribution >= 0.6 is 15.9 Å². The van der Waals surface area contributed by atoms with E-state index in [-0.39, 0.29) is 16.8 Å². The Hall–Kier alpha value is -1.36. The van der Waals surface area contributed by atoms with Crippen molar-refractivity contribution >= 4 is 27.9 Å². The Morgan fingerprint density at radius 3 is 2.16 bits per heavy atom. The summed E-state index contributed by atoms with van der Waals surface area (Å²) in [4.78, 5) is 25.1. The van der Waals surface area contributed by atoms with Gasteiger partial charge in [-0.2, -0.15) is 0 Å². The molecule has 0 fully saturated rings. The first kappa shape index (κ1) is 21.7. The molecular formula is C20H29BrO4. The number of esters is 2. The second kappa shape index (κ2) is 8.84. The van der Waals surface area contributed by atoms with Gasteiger partial charge < -0.3 is 9.47 Å². The van der Waals surface area contributed by atoms with E-state index < -0.39 is 16.7 Å².